The van der Waals surface area contributed by atoms with Crippen molar-refractivity contribution in [1.29, 1.82) is 0 Å². The Hall–Kier alpha value is -1.55. The minimum Gasteiger partial charge on any atom is -0.494 e. The van der Waals surface area contributed by atoms with E-state index in [0.717, 1.165) is 31.4 Å². The second-order valence-electron chi connectivity index (χ2n) is 6.05. The third kappa shape index (κ3) is 4.46. The standard InChI is InChI=1S/C17H25NO3/c1-3-21-15-6-4-14(5-7-15)16(19)18-12-17(20)10-8-13(2)9-11-17/h4-7,13,20H,3,8-12H2,1-2H3,(H,18,19). The second-order valence-corrected chi connectivity index (χ2v) is 6.05. The van der Waals surface area contributed by atoms with Crippen molar-refractivity contribution in [2.75, 3.05) is 13.2 Å². The van der Waals surface area contributed by atoms with Crippen molar-refractivity contribution in [3.63, 3.8) is 0 Å². The smallest absolute Gasteiger partial charge is 0.251 e. The highest BCUT2D eigenvalue weighted by Crippen LogP contribution is 2.31. The zero-order valence-electron chi connectivity index (χ0n) is 12.9. The van der Waals surface area contributed by atoms with Gasteiger partial charge in [-0.15, -0.1) is 0 Å². The fourth-order valence-corrected chi connectivity index (χ4v) is 2.69. The molecule has 21 heavy (non-hydrogen) atoms. The van der Waals surface area contributed by atoms with Crippen LogP contribution < -0.4 is 10.1 Å². The van der Waals surface area contributed by atoms with Crippen molar-refractivity contribution in [2.24, 2.45) is 5.92 Å². The van der Waals surface area contributed by atoms with E-state index in [9.17, 15) is 9.90 Å². The van der Waals surface area contributed by atoms with Gasteiger partial charge in [0.25, 0.3) is 5.91 Å². The Morgan fingerprint density at radius 3 is 2.52 bits per heavy atom. The van der Waals surface area contributed by atoms with E-state index >= 15 is 0 Å². The molecule has 1 aromatic carbocycles. The third-order valence-corrected chi connectivity index (χ3v) is 4.21. The van der Waals surface area contributed by atoms with Gasteiger partial charge in [-0.05, 0) is 62.8 Å². The number of hydrogen-bond donors (Lipinski definition) is 2. The number of benzene rings is 1. The number of hydrogen-bond acceptors (Lipinski definition) is 3. The molecule has 1 fully saturated rings. The van der Waals surface area contributed by atoms with E-state index in [1.54, 1.807) is 24.3 Å². The summed E-state index contributed by atoms with van der Waals surface area (Å²) in [5.41, 5.74) is -0.154. The molecule has 0 aromatic heterocycles. The van der Waals surface area contributed by atoms with E-state index in [1.807, 2.05) is 6.92 Å². The van der Waals surface area contributed by atoms with Gasteiger partial charge in [-0.25, -0.2) is 0 Å². The number of amides is 1. The summed E-state index contributed by atoms with van der Waals surface area (Å²) in [5.74, 6) is 1.28. The highest BCUT2D eigenvalue weighted by atomic mass is 16.5. The van der Waals surface area contributed by atoms with Gasteiger partial charge in [0.2, 0.25) is 0 Å². The summed E-state index contributed by atoms with van der Waals surface area (Å²) >= 11 is 0. The number of carbonyl (C=O) groups is 1. The first-order chi connectivity index (χ1) is 10.0. The number of ether oxygens (including phenoxy) is 1. The summed E-state index contributed by atoms with van der Waals surface area (Å²) in [6, 6.07) is 7.06. The van der Waals surface area contributed by atoms with Crippen LogP contribution in [0.3, 0.4) is 0 Å². The van der Waals surface area contributed by atoms with Crippen molar-refractivity contribution in [2.45, 2.75) is 45.1 Å². The van der Waals surface area contributed by atoms with Gasteiger partial charge < -0.3 is 15.2 Å². The predicted molar refractivity (Wildman–Crippen MR) is 82.5 cm³/mol. The fourth-order valence-electron chi connectivity index (χ4n) is 2.69. The predicted octanol–water partition coefficient (Wildman–Crippen LogP) is 2.76. The van der Waals surface area contributed by atoms with E-state index < -0.39 is 5.60 Å². The number of nitrogens with one attached hydrogen (secondary N) is 1. The summed E-state index contributed by atoms with van der Waals surface area (Å²) in [6.45, 7) is 5.06. The highest BCUT2D eigenvalue weighted by molar-refractivity contribution is 5.94. The Labute approximate surface area is 126 Å². The second kappa shape index (κ2) is 6.94. The lowest BCUT2D eigenvalue weighted by Gasteiger charge is -2.34. The van der Waals surface area contributed by atoms with Crippen LogP contribution in [0, 0.1) is 5.92 Å². The van der Waals surface area contributed by atoms with E-state index in [2.05, 4.69) is 12.2 Å². The Balaban J connectivity index is 1.86. The van der Waals surface area contributed by atoms with Crippen LogP contribution in [0.5, 0.6) is 5.75 Å². The van der Waals surface area contributed by atoms with Crippen molar-refractivity contribution in [3.8, 4) is 5.75 Å². The lowest BCUT2D eigenvalue weighted by atomic mass is 9.79. The average molecular weight is 291 g/mol. The molecule has 0 spiro atoms. The van der Waals surface area contributed by atoms with Gasteiger partial charge in [-0.1, -0.05) is 6.92 Å². The first-order valence-corrected chi connectivity index (χ1v) is 7.76. The molecule has 1 saturated carbocycles. The molecule has 4 heteroatoms. The van der Waals surface area contributed by atoms with Gasteiger partial charge in [0, 0.05) is 12.1 Å². The molecule has 0 unspecified atom stereocenters. The van der Waals surface area contributed by atoms with Crippen LogP contribution in [0.2, 0.25) is 0 Å². The molecule has 1 aliphatic carbocycles. The summed E-state index contributed by atoms with van der Waals surface area (Å²) in [5, 5.41) is 13.3. The highest BCUT2D eigenvalue weighted by Gasteiger charge is 2.32. The zero-order valence-corrected chi connectivity index (χ0v) is 12.9. The topological polar surface area (TPSA) is 58.6 Å². The molecule has 1 amide bonds. The maximum absolute atomic E-state index is 12.1. The van der Waals surface area contributed by atoms with Crippen LogP contribution in [0.1, 0.15) is 49.9 Å². The van der Waals surface area contributed by atoms with Crippen molar-refractivity contribution >= 4 is 5.91 Å². The Morgan fingerprint density at radius 2 is 1.95 bits per heavy atom. The summed E-state index contributed by atoms with van der Waals surface area (Å²) in [7, 11) is 0. The molecule has 1 aromatic rings. The molecule has 2 N–H and O–H groups in total. The first-order valence-electron chi connectivity index (χ1n) is 7.76. The maximum atomic E-state index is 12.1. The molecular weight excluding hydrogens is 266 g/mol. The van der Waals surface area contributed by atoms with Gasteiger partial charge in [0.1, 0.15) is 5.75 Å². The molecule has 1 aliphatic rings. The molecular formula is C17H25NO3. The van der Waals surface area contributed by atoms with Crippen LogP contribution in [0.25, 0.3) is 0 Å². The van der Waals surface area contributed by atoms with Crippen LogP contribution in [-0.4, -0.2) is 29.8 Å². The van der Waals surface area contributed by atoms with E-state index in [-0.39, 0.29) is 5.91 Å². The van der Waals surface area contributed by atoms with Crippen molar-refractivity contribution in [3.05, 3.63) is 29.8 Å². The number of aliphatic hydroxyl groups is 1. The van der Waals surface area contributed by atoms with Crippen LogP contribution >= 0.6 is 0 Å². The van der Waals surface area contributed by atoms with E-state index in [1.165, 1.54) is 0 Å². The van der Waals surface area contributed by atoms with Crippen molar-refractivity contribution in [1.82, 2.24) is 5.32 Å². The molecule has 0 aliphatic heterocycles. The zero-order chi connectivity index (χ0) is 15.3. The lowest BCUT2D eigenvalue weighted by molar-refractivity contribution is -0.00540. The molecule has 2 rings (SSSR count). The minimum atomic E-state index is -0.743. The summed E-state index contributed by atoms with van der Waals surface area (Å²) in [4.78, 5) is 12.1. The molecule has 0 radical (unpaired) electrons. The molecule has 0 bridgehead atoms. The van der Waals surface area contributed by atoms with Crippen LogP contribution in [0.15, 0.2) is 24.3 Å². The fraction of sp³-hybridized carbons (Fsp3) is 0.588. The SMILES string of the molecule is CCOc1ccc(C(=O)NCC2(O)CCC(C)CC2)cc1. The molecule has 0 saturated heterocycles. The number of carbonyl (C=O) groups excluding carboxylic acids is 1. The lowest BCUT2D eigenvalue weighted by Crippen LogP contribution is -2.45. The molecule has 0 atom stereocenters. The average Bonchev–Trinajstić information content (AvgIpc) is 2.49. The largest absolute Gasteiger partial charge is 0.494 e. The Bertz CT molecular complexity index is 461. The molecule has 116 valence electrons. The van der Waals surface area contributed by atoms with E-state index in [0.29, 0.717) is 24.6 Å². The minimum absolute atomic E-state index is 0.148. The van der Waals surface area contributed by atoms with Gasteiger partial charge in [-0.3, -0.25) is 4.79 Å². The maximum Gasteiger partial charge on any atom is 0.251 e. The van der Waals surface area contributed by atoms with Crippen molar-refractivity contribution < 1.29 is 14.6 Å². The first kappa shape index (κ1) is 15.8. The molecule has 0 heterocycles. The van der Waals surface area contributed by atoms with Crippen LogP contribution in [-0.2, 0) is 0 Å². The van der Waals surface area contributed by atoms with Gasteiger partial charge >= 0.3 is 0 Å². The van der Waals surface area contributed by atoms with E-state index in [4.69, 9.17) is 4.74 Å². The molecule has 4 nitrogen and oxygen atoms in total. The Kier molecular flexibility index (Phi) is 5.23. The van der Waals surface area contributed by atoms with Crippen LogP contribution in [0.4, 0.5) is 0 Å². The number of rotatable bonds is 5. The quantitative estimate of drug-likeness (QED) is 0.877. The Morgan fingerprint density at radius 1 is 1.33 bits per heavy atom. The van der Waals surface area contributed by atoms with Gasteiger partial charge in [-0.2, -0.15) is 0 Å². The third-order valence-electron chi connectivity index (χ3n) is 4.21. The monoisotopic (exact) mass is 291 g/mol. The van der Waals surface area contributed by atoms with Gasteiger partial charge in [0.15, 0.2) is 0 Å². The van der Waals surface area contributed by atoms with Gasteiger partial charge in [0.05, 0.1) is 12.2 Å². The summed E-state index contributed by atoms with van der Waals surface area (Å²) in [6.07, 6.45) is 3.57. The summed E-state index contributed by atoms with van der Waals surface area (Å²) < 4.78 is 5.35. The normalized spacial score (nSPS) is 25.4.